The SMILES string of the molecule is C=C/C=C\C(=C/C)CNC(/C=C\C)=C/C=C. The molecule has 1 N–H and O–H groups in total. The van der Waals surface area contributed by atoms with Gasteiger partial charge in [0.25, 0.3) is 0 Å². The maximum Gasteiger partial charge on any atom is 0.0397 e. The summed E-state index contributed by atoms with van der Waals surface area (Å²) in [5.41, 5.74) is 2.28. The van der Waals surface area contributed by atoms with Crippen LogP contribution >= 0.6 is 0 Å². The predicted octanol–water partition coefficient (Wildman–Crippen LogP) is 3.91. The van der Waals surface area contributed by atoms with Gasteiger partial charge in [-0.2, -0.15) is 0 Å². The quantitative estimate of drug-likeness (QED) is 0.635. The van der Waals surface area contributed by atoms with Crippen molar-refractivity contribution in [3.8, 4) is 0 Å². The first-order valence-corrected chi connectivity index (χ1v) is 5.42. The van der Waals surface area contributed by atoms with E-state index in [4.69, 9.17) is 0 Å². The van der Waals surface area contributed by atoms with Crippen molar-refractivity contribution in [2.24, 2.45) is 0 Å². The van der Waals surface area contributed by atoms with Crippen molar-refractivity contribution in [1.29, 1.82) is 0 Å². The lowest BCUT2D eigenvalue weighted by molar-refractivity contribution is 0.908. The fourth-order valence-corrected chi connectivity index (χ4v) is 1.13. The van der Waals surface area contributed by atoms with Crippen LogP contribution < -0.4 is 5.32 Å². The molecule has 0 saturated heterocycles. The van der Waals surface area contributed by atoms with Gasteiger partial charge in [0, 0.05) is 12.2 Å². The van der Waals surface area contributed by atoms with Gasteiger partial charge in [0.2, 0.25) is 0 Å². The molecule has 0 heterocycles. The van der Waals surface area contributed by atoms with Crippen LogP contribution in [0.15, 0.2) is 73.0 Å². The average Bonchev–Trinajstić information content (AvgIpc) is 2.30. The topological polar surface area (TPSA) is 12.0 Å². The first-order chi connectivity index (χ1) is 7.78. The van der Waals surface area contributed by atoms with E-state index in [9.17, 15) is 0 Å². The minimum absolute atomic E-state index is 0.796. The van der Waals surface area contributed by atoms with Crippen LogP contribution in [0.2, 0.25) is 0 Å². The molecule has 0 aliphatic heterocycles. The zero-order chi connectivity index (χ0) is 12.2. The molecule has 1 nitrogen and oxygen atoms in total. The van der Waals surface area contributed by atoms with Gasteiger partial charge in [-0.25, -0.2) is 0 Å². The van der Waals surface area contributed by atoms with E-state index in [0.717, 1.165) is 12.2 Å². The fraction of sp³-hybridized carbons (Fsp3) is 0.200. The highest BCUT2D eigenvalue weighted by Gasteiger charge is 1.92. The van der Waals surface area contributed by atoms with E-state index < -0.39 is 0 Å². The summed E-state index contributed by atoms with van der Waals surface area (Å²) in [7, 11) is 0. The monoisotopic (exact) mass is 215 g/mol. The summed E-state index contributed by atoms with van der Waals surface area (Å²) in [6, 6.07) is 0. The van der Waals surface area contributed by atoms with Gasteiger partial charge in [-0.05, 0) is 31.6 Å². The van der Waals surface area contributed by atoms with Crippen molar-refractivity contribution in [3.63, 3.8) is 0 Å². The summed E-state index contributed by atoms with van der Waals surface area (Å²) in [5.74, 6) is 0. The van der Waals surface area contributed by atoms with Crippen LogP contribution in [-0.4, -0.2) is 6.54 Å². The highest BCUT2D eigenvalue weighted by Crippen LogP contribution is 1.99. The van der Waals surface area contributed by atoms with E-state index in [0.29, 0.717) is 0 Å². The summed E-state index contributed by atoms with van der Waals surface area (Å²) in [6.45, 7) is 12.2. The molecular weight excluding hydrogens is 194 g/mol. The van der Waals surface area contributed by atoms with Gasteiger partial charge in [-0.3, -0.25) is 0 Å². The molecule has 0 unspecified atom stereocenters. The summed E-state index contributed by atoms with van der Waals surface area (Å²) < 4.78 is 0. The van der Waals surface area contributed by atoms with Crippen LogP contribution in [0.3, 0.4) is 0 Å². The third-order valence-electron chi connectivity index (χ3n) is 1.96. The molecule has 0 fully saturated rings. The van der Waals surface area contributed by atoms with Crippen LogP contribution in [0.5, 0.6) is 0 Å². The van der Waals surface area contributed by atoms with E-state index >= 15 is 0 Å². The standard InChI is InChI=1S/C15H21N/c1-5-9-12-14(8-4)13-16-15(10-6-2)11-7-3/h5-12,16H,1-2,13H2,3-4H3/b11-7-,12-9-,14-8+,15-10+. The lowest BCUT2D eigenvalue weighted by atomic mass is 10.2. The van der Waals surface area contributed by atoms with Gasteiger partial charge in [-0.1, -0.05) is 49.6 Å². The van der Waals surface area contributed by atoms with Crippen LogP contribution in [0.25, 0.3) is 0 Å². The Hall–Kier alpha value is -1.76. The van der Waals surface area contributed by atoms with Crippen molar-refractivity contribution < 1.29 is 0 Å². The molecule has 0 radical (unpaired) electrons. The lowest BCUT2D eigenvalue weighted by Gasteiger charge is -2.07. The van der Waals surface area contributed by atoms with Crippen LogP contribution in [0.1, 0.15) is 13.8 Å². The fourth-order valence-electron chi connectivity index (χ4n) is 1.13. The van der Waals surface area contributed by atoms with Crippen LogP contribution in [0, 0.1) is 0 Å². The highest BCUT2D eigenvalue weighted by molar-refractivity contribution is 5.26. The van der Waals surface area contributed by atoms with Gasteiger partial charge >= 0.3 is 0 Å². The molecule has 16 heavy (non-hydrogen) atoms. The van der Waals surface area contributed by atoms with E-state index in [-0.39, 0.29) is 0 Å². The molecule has 0 spiro atoms. The van der Waals surface area contributed by atoms with Crippen LogP contribution in [0.4, 0.5) is 0 Å². The molecule has 0 rings (SSSR count). The third-order valence-corrected chi connectivity index (χ3v) is 1.96. The molecule has 1 heteroatoms. The summed E-state index contributed by atoms with van der Waals surface area (Å²) in [5, 5.41) is 3.33. The van der Waals surface area contributed by atoms with E-state index in [1.54, 1.807) is 12.2 Å². The number of nitrogens with one attached hydrogen (secondary N) is 1. The van der Waals surface area contributed by atoms with Crippen molar-refractivity contribution >= 4 is 0 Å². The molecule has 0 aromatic carbocycles. The Bertz CT molecular complexity index is 327. The Morgan fingerprint density at radius 2 is 1.88 bits per heavy atom. The number of hydrogen-bond donors (Lipinski definition) is 1. The number of hydrogen-bond acceptors (Lipinski definition) is 1. The second kappa shape index (κ2) is 9.78. The lowest BCUT2D eigenvalue weighted by Crippen LogP contribution is -2.14. The van der Waals surface area contributed by atoms with Gasteiger partial charge in [0.15, 0.2) is 0 Å². The summed E-state index contributed by atoms with van der Waals surface area (Å²) in [6.07, 6.45) is 15.6. The van der Waals surface area contributed by atoms with Crippen LogP contribution in [-0.2, 0) is 0 Å². The molecule has 0 atom stereocenters. The van der Waals surface area contributed by atoms with Gasteiger partial charge in [0.05, 0.1) is 0 Å². The third kappa shape index (κ3) is 6.66. The zero-order valence-electron chi connectivity index (χ0n) is 10.2. The summed E-state index contributed by atoms with van der Waals surface area (Å²) >= 11 is 0. The van der Waals surface area contributed by atoms with Gasteiger partial charge < -0.3 is 5.32 Å². The first-order valence-electron chi connectivity index (χ1n) is 5.42. The number of allylic oxidation sites excluding steroid dienone is 7. The molecular formula is C15H21N. The zero-order valence-corrected chi connectivity index (χ0v) is 10.2. The first kappa shape index (κ1) is 14.2. The second-order valence-corrected chi connectivity index (χ2v) is 3.17. The summed E-state index contributed by atoms with van der Waals surface area (Å²) in [4.78, 5) is 0. The molecule has 0 amide bonds. The Morgan fingerprint density at radius 3 is 2.38 bits per heavy atom. The highest BCUT2D eigenvalue weighted by atomic mass is 14.9. The van der Waals surface area contributed by atoms with Crippen molar-refractivity contribution in [3.05, 3.63) is 73.0 Å². The molecule has 86 valence electrons. The molecule has 0 aromatic rings. The van der Waals surface area contributed by atoms with E-state index in [1.165, 1.54) is 5.57 Å². The van der Waals surface area contributed by atoms with Gasteiger partial charge in [0.1, 0.15) is 0 Å². The molecule has 0 aliphatic carbocycles. The average molecular weight is 215 g/mol. The minimum atomic E-state index is 0.796. The molecule has 0 saturated carbocycles. The van der Waals surface area contributed by atoms with Gasteiger partial charge in [-0.15, -0.1) is 0 Å². The minimum Gasteiger partial charge on any atom is -0.381 e. The maximum atomic E-state index is 3.69. The molecule has 0 bridgehead atoms. The predicted molar refractivity (Wildman–Crippen MR) is 74.2 cm³/mol. The van der Waals surface area contributed by atoms with Crippen molar-refractivity contribution in [1.82, 2.24) is 5.32 Å². The van der Waals surface area contributed by atoms with E-state index in [1.807, 2.05) is 44.2 Å². The smallest absolute Gasteiger partial charge is 0.0397 e. The Labute approximate surface area is 99.3 Å². The largest absolute Gasteiger partial charge is 0.381 e. The maximum absolute atomic E-state index is 3.69. The van der Waals surface area contributed by atoms with Crippen molar-refractivity contribution in [2.45, 2.75) is 13.8 Å². The number of rotatable bonds is 7. The second-order valence-electron chi connectivity index (χ2n) is 3.17. The molecule has 0 aliphatic rings. The van der Waals surface area contributed by atoms with E-state index in [2.05, 4.69) is 24.6 Å². The Morgan fingerprint density at radius 1 is 1.12 bits per heavy atom. The molecule has 0 aromatic heterocycles. The Balaban J connectivity index is 4.39. The Kier molecular flexibility index (Phi) is 8.71. The normalized spacial score (nSPS) is 13.4. The van der Waals surface area contributed by atoms with Crippen molar-refractivity contribution in [2.75, 3.05) is 6.54 Å².